The minimum Gasteiger partial charge on any atom is -0.494 e. The summed E-state index contributed by atoms with van der Waals surface area (Å²) in [6, 6.07) is 6.48. The fourth-order valence-electron chi connectivity index (χ4n) is 6.75. The Bertz CT molecular complexity index is 1030. The molecule has 1 spiro atoms. The van der Waals surface area contributed by atoms with E-state index >= 15 is 0 Å². The zero-order valence-electron chi connectivity index (χ0n) is 22.1. The van der Waals surface area contributed by atoms with Crippen LogP contribution in [-0.4, -0.2) is 108 Å². The summed E-state index contributed by atoms with van der Waals surface area (Å²) in [5.41, 5.74) is 0.642. The van der Waals surface area contributed by atoms with E-state index in [-0.39, 0.29) is 42.0 Å². The number of benzene rings is 1. The normalized spacial score (nSPS) is 32.3. The number of carbonyl (C=O) groups is 3. The Morgan fingerprint density at radius 1 is 1.18 bits per heavy atom. The molecule has 11 heteroatoms. The summed E-state index contributed by atoms with van der Waals surface area (Å²) in [4.78, 5) is 44.9. The van der Waals surface area contributed by atoms with Crippen LogP contribution >= 0.6 is 11.8 Å². The highest BCUT2D eigenvalue weighted by atomic mass is 32.2. The summed E-state index contributed by atoms with van der Waals surface area (Å²) in [5, 5.41) is 15.8. The lowest BCUT2D eigenvalue weighted by atomic mass is 9.66. The van der Waals surface area contributed by atoms with Crippen molar-refractivity contribution in [2.75, 3.05) is 64.5 Å². The summed E-state index contributed by atoms with van der Waals surface area (Å²) < 4.78 is 10.2. The summed E-state index contributed by atoms with van der Waals surface area (Å²) >= 11 is 1.63. The van der Waals surface area contributed by atoms with Gasteiger partial charge in [0.15, 0.2) is 0 Å². The van der Waals surface area contributed by atoms with Crippen LogP contribution in [0.5, 0.6) is 5.75 Å². The van der Waals surface area contributed by atoms with Crippen molar-refractivity contribution < 1.29 is 29.0 Å². The van der Waals surface area contributed by atoms with Crippen LogP contribution in [-0.2, 0) is 19.1 Å². The van der Waals surface area contributed by atoms with E-state index in [9.17, 15) is 19.5 Å². The third-order valence-electron chi connectivity index (χ3n) is 8.40. The molecule has 4 heterocycles. The predicted octanol–water partition coefficient (Wildman–Crippen LogP) is 0.802. The maximum Gasteiger partial charge on any atom is 0.244 e. The van der Waals surface area contributed by atoms with E-state index < -0.39 is 22.6 Å². The fraction of sp³-hybridized carbons (Fsp3) is 0.667. The van der Waals surface area contributed by atoms with E-state index in [1.807, 2.05) is 6.92 Å². The van der Waals surface area contributed by atoms with Crippen LogP contribution in [0.3, 0.4) is 0 Å². The van der Waals surface area contributed by atoms with Gasteiger partial charge in [-0.2, -0.15) is 0 Å². The molecule has 38 heavy (non-hydrogen) atoms. The molecular weight excluding hydrogens is 508 g/mol. The molecular formula is C27H38N4O6S. The highest BCUT2D eigenvalue weighted by Gasteiger charge is 2.75. The average molecular weight is 547 g/mol. The van der Waals surface area contributed by atoms with Crippen molar-refractivity contribution in [2.24, 2.45) is 17.8 Å². The zero-order chi connectivity index (χ0) is 26.9. The van der Waals surface area contributed by atoms with E-state index in [1.54, 1.807) is 36.0 Å². The Morgan fingerprint density at radius 2 is 1.92 bits per heavy atom. The third kappa shape index (κ3) is 4.78. The number of rotatable bonds is 10. The van der Waals surface area contributed by atoms with Gasteiger partial charge in [-0.25, -0.2) is 0 Å². The highest BCUT2D eigenvalue weighted by molar-refractivity contribution is 8.02. The van der Waals surface area contributed by atoms with E-state index in [0.29, 0.717) is 38.6 Å². The first-order valence-electron chi connectivity index (χ1n) is 13.6. The molecule has 4 aliphatic heterocycles. The molecule has 1 aromatic rings. The van der Waals surface area contributed by atoms with Crippen molar-refractivity contribution in [1.82, 2.24) is 15.1 Å². The Labute approximate surface area is 227 Å². The second kappa shape index (κ2) is 11.4. The molecule has 4 fully saturated rings. The molecule has 5 rings (SSSR count). The molecule has 2 bridgehead atoms. The van der Waals surface area contributed by atoms with Gasteiger partial charge >= 0.3 is 0 Å². The monoisotopic (exact) mass is 546 g/mol. The van der Waals surface area contributed by atoms with Gasteiger partial charge in [0.25, 0.3) is 0 Å². The first-order chi connectivity index (χ1) is 18.4. The number of carbonyl (C=O) groups excluding carboxylic acids is 3. The largest absolute Gasteiger partial charge is 0.494 e. The minimum absolute atomic E-state index is 0.0402. The number of thioether (sulfide) groups is 1. The number of aliphatic hydroxyl groups is 1. The number of amides is 3. The van der Waals surface area contributed by atoms with Gasteiger partial charge < -0.3 is 30.1 Å². The van der Waals surface area contributed by atoms with Gasteiger partial charge in [-0.05, 0) is 43.5 Å². The lowest BCUT2D eigenvalue weighted by molar-refractivity contribution is -0.139. The van der Waals surface area contributed by atoms with Crippen LogP contribution in [0.4, 0.5) is 5.69 Å². The van der Waals surface area contributed by atoms with Crippen molar-refractivity contribution in [2.45, 2.75) is 36.3 Å². The Balaban J connectivity index is 1.34. The minimum atomic E-state index is -0.717. The second-order valence-electron chi connectivity index (χ2n) is 10.5. The lowest BCUT2D eigenvalue weighted by Crippen LogP contribution is -2.57. The molecule has 3 N–H and O–H groups in total. The molecule has 1 aromatic carbocycles. The van der Waals surface area contributed by atoms with Crippen molar-refractivity contribution in [1.29, 1.82) is 0 Å². The number of fused-ring (bicyclic) bond motifs is 1. The number of likely N-dealkylation sites (tertiary alicyclic amines) is 1. The molecule has 4 aliphatic rings. The SMILES string of the molecule is CCOc1ccc(NC(=O)[C@@H]2[C@@H]3CC(C)C4(S3)C(C(=O)NCCN3CCOCC3)N(CCO)C(=O)[C@H]24)cc1. The molecule has 0 aliphatic carbocycles. The van der Waals surface area contributed by atoms with E-state index in [2.05, 4.69) is 22.5 Å². The second-order valence-corrected chi connectivity index (χ2v) is 12.0. The number of hydrogen-bond donors (Lipinski definition) is 3. The first-order valence-corrected chi connectivity index (χ1v) is 14.5. The van der Waals surface area contributed by atoms with Crippen molar-refractivity contribution in [3.8, 4) is 5.75 Å². The Hall–Kier alpha value is -2.34. The molecule has 3 amide bonds. The third-order valence-corrected chi connectivity index (χ3v) is 10.5. The summed E-state index contributed by atoms with van der Waals surface area (Å²) in [7, 11) is 0. The maximum absolute atomic E-state index is 13.8. The maximum atomic E-state index is 13.8. The number of morpholine rings is 1. The van der Waals surface area contributed by atoms with Gasteiger partial charge in [0.2, 0.25) is 17.7 Å². The quantitative estimate of drug-likeness (QED) is 0.394. The van der Waals surface area contributed by atoms with Crippen molar-refractivity contribution in [3.63, 3.8) is 0 Å². The van der Waals surface area contributed by atoms with E-state index in [1.165, 1.54) is 4.90 Å². The smallest absolute Gasteiger partial charge is 0.244 e. The van der Waals surface area contributed by atoms with Crippen LogP contribution in [0.1, 0.15) is 20.3 Å². The molecule has 10 nitrogen and oxygen atoms in total. The zero-order valence-corrected chi connectivity index (χ0v) is 22.9. The van der Waals surface area contributed by atoms with Crippen LogP contribution in [0.2, 0.25) is 0 Å². The van der Waals surface area contributed by atoms with Crippen LogP contribution in [0.25, 0.3) is 0 Å². The van der Waals surface area contributed by atoms with Gasteiger partial charge in [0.1, 0.15) is 11.8 Å². The Morgan fingerprint density at radius 3 is 2.61 bits per heavy atom. The molecule has 208 valence electrons. The van der Waals surface area contributed by atoms with Crippen LogP contribution in [0.15, 0.2) is 24.3 Å². The summed E-state index contributed by atoms with van der Waals surface area (Å²) in [6.45, 7) is 8.63. The lowest BCUT2D eigenvalue weighted by Gasteiger charge is -2.38. The summed E-state index contributed by atoms with van der Waals surface area (Å²) in [6.07, 6.45) is 0.764. The molecule has 0 saturated carbocycles. The van der Waals surface area contributed by atoms with Gasteiger partial charge in [0, 0.05) is 43.7 Å². The number of nitrogens with one attached hydrogen (secondary N) is 2. The number of nitrogens with zero attached hydrogens (tertiary/aromatic N) is 2. The van der Waals surface area contributed by atoms with E-state index in [0.717, 1.165) is 25.3 Å². The highest BCUT2D eigenvalue weighted by Crippen LogP contribution is 2.68. The Kier molecular flexibility index (Phi) is 8.18. The van der Waals surface area contributed by atoms with Gasteiger partial charge in [-0.15, -0.1) is 11.8 Å². The fourth-order valence-corrected chi connectivity index (χ4v) is 9.18. The van der Waals surface area contributed by atoms with Gasteiger partial charge in [0.05, 0.1) is 43.0 Å². The number of anilines is 1. The number of β-amino-alcohol motifs (C(OH)–C–C–N with tert-alkyl or cyclic N) is 1. The number of ether oxygens (including phenoxy) is 2. The molecule has 6 atom stereocenters. The van der Waals surface area contributed by atoms with Crippen molar-refractivity contribution in [3.05, 3.63) is 24.3 Å². The number of aliphatic hydroxyl groups excluding tert-OH is 1. The molecule has 0 radical (unpaired) electrons. The molecule has 0 aromatic heterocycles. The van der Waals surface area contributed by atoms with Gasteiger partial charge in [-0.1, -0.05) is 6.92 Å². The average Bonchev–Trinajstić information content (AvgIpc) is 3.50. The van der Waals surface area contributed by atoms with Gasteiger partial charge in [-0.3, -0.25) is 19.3 Å². The molecule has 3 unspecified atom stereocenters. The van der Waals surface area contributed by atoms with Crippen LogP contribution in [0, 0.1) is 17.8 Å². The van der Waals surface area contributed by atoms with Crippen molar-refractivity contribution >= 4 is 35.2 Å². The first kappa shape index (κ1) is 27.2. The van der Waals surface area contributed by atoms with Crippen LogP contribution < -0.4 is 15.4 Å². The van der Waals surface area contributed by atoms with E-state index in [4.69, 9.17) is 9.47 Å². The summed E-state index contributed by atoms with van der Waals surface area (Å²) in [5.74, 6) is -0.943. The predicted molar refractivity (Wildman–Crippen MR) is 144 cm³/mol. The standard InChI is InChI=1S/C27H38N4O6S/c1-3-37-19-6-4-18(5-7-19)29-24(33)21-20-16-17(2)27(38-20)22(21)26(35)31(10-13-32)23(27)25(34)28-8-9-30-11-14-36-15-12-30/h4-7,17,20-23,32H,3,8-16H2,1-2H3,(H,28,34)(H,29,33)/t17?,20-,21+,22-,23?,27?/m0/s1. The topological polar surface area (TPSA) is 120 Å². The number of hydrogen-bond acceptors (Lipinski definition) is 8. The molecule has 4 saturated heterocycles.